The molecule has 2 N–H and O–H groups in total. The molecule has 0 bridgehead atoms. The van der Waals surface area contributed by atoms with Crippen LogP contribution in [0.1, 0.15) is 45.4 Å². The van der Waals surface area contributed by atoms with Crippen molar-refractivity contribution in [1.82, 2.24) is 5.32 Å². The Morgan fingerprint density at radius 1 is 1.27 bits per heavy atom. The number of hydrogen-bond donors (Lipinski definition) is 2. The van der Waals surface area contributed by atoms with Gasteiger partial charge in [0.25, 0.3) is 0 Å². The van der Waals surface area contributed by atoms with Gasteiger partial charge in [0.2, 0.25) is 0 Å². The lowest BCUT2D eigenvalue weighted by Gasteiger charge is -2.30. The molecule has 2 fully saturated rings. The highest BCUT2D eigenvalue weighted by molar-refractivity contribution is 4.92. The maximum atomic E-state index is 9.39. The highest BCUT2D eigenvalue weighted by atomic mass is 16.5. The summed E-state index contributed by atoms with van der Waals surface area (Å²) in [6, 6.07) is 0.620. The standard InChI is InChI=1S/C12H23NO2/c1-12(8-14,13-10-6-7-10)9-15-11-4-2-3-5-11/h10-11,13-14H,2-9H2,1H3. The number of aliphatic hydroxyl groups is 1. The number of ether oxygens (including phenoxy) is 1. The average molecular weight is 213 g/mol. The number of hydrogen-bond acceptors (Lipinski definition) is 3. The largest absolute Gasteiger partial charge is 0.394 e. The molecule has 2 rings (SSSR count). The van der Waals surface area contributed by atoms with Gasteiger partial charge in [0, 0.05) is 6.04 Å². The molecule has 88 valence electrons. The van der Waals surface area contributed by atoms with Gasteiger partial charge in [-0.05, 0) is 32.6 Å². The minimum absolute atomic E-state index is 0.163. The fraction of sp³-hybridized carbons (Fsp3) is 1.00. The number of rotatable bonds is 6. The van der Waals surface area contributed by atoms with Crippen molar-refractivity contribution in [2.75, 3.05) is 13.2 Å². The van der Waals surface area contributed by atoms with Crippen LogP contribution in [0.15, 0.2) is 0 Å². The van der Waals surface area contributed by atoms with Crippen molar-refractivity contribution in [3.8, 4) is 0 Å². The third-order valence-electron chi connectivity index (χ3n) is 3.42. The molecule has 15 heavy (non-hydrogen) atoms. The van der Waals surface area contributed by atoms with Crippen molar-refractivity contribution < 1.29 is 9.84 Å². The van der Waals surface area contributed by atoms with Crippen LogP contribution in [0.5, 0.6) is 0 Å². The monoisotopic (exact) mass is 213 g/mol. The Bertz CT molecular complexity index is 200. The molecule has 2 aliphatic rings. The normalized spacial score (nSPS) is 26.8. The van der Waals surface area contributed by atoms with E-state index in [-0.39, 0.29) is 12.1 Å². The lowest BCUT2D eigenvalue weighted by Crippen LogP contribution is -2.51. The molecule has 0 aromatic carbocycles. The molecule has 0 heterocycles. The Labute approximate surface area is 92.2 Å². The fourth-order valence-corrected chi connectivity index (χ4v) is 2.21. The lowest BCUT2D eigenvalue weighted by molar-refractivity contribution is -0.00108. The molecule has 0 amide bonds. The predicted molar refractivity (Wildman–Crippen MR) is 59.9 cm³/mol. The minimum Gasteiger partial charge on any atom is -0.394 e. The van der Waals surface area contributed by atoms with E-state index in [9.17, 15) is 5.11 Å². The summed E-state index contributed by atoms with van der Waals surface area (Å²) in [6.07, 6.45) is 7.94. The van der Waals surface area contributed by atoms with Crippen LogP contribution >= 0.6 is 0 Å². The molecular formula is C12H23NO2. The van der Waals surface area contributed by atoms with Gasteiger partial charge in [0.15, 0.2) is 0 Å². The fourth-order valence-electron chi connectivity index (χ4n) is 2.21. The van der Waals surface area contributed by atoms with E-state index < -0.39 is 0 Å². The van der Waals surface area contributed by atoms with E-state index in [1.54, 1.807) is 0 Å². The first-order valence-electron chi connectivity index (χ1n) is 6.22. The summed E-state index contributed by atoms with van der Waals surface area (Å²) in [4.78, 5) is 0. The van der Waals surface area contributed by atoms with Gasteiger partial charge in [-0.15, -0.1) is 0 Å². The van der Waals surface area contributed by atoms with Crippen LogP contribution in [0.25, 0.3) is 0 Å². The third-order valence-corrected chi connectivity index (χ3v) is 3.42. The van der Waals surface area contributed by atoms with Gasteiger partial charge in [0.1, 0.15) is 0 Å². The van der Waals surface area contributed by atoms with E-state index >= 15 is 0 Å². The van der Waals surface area contributed by atoms with Crippen LogP contribution in [0.4, 0.5) is 0 Å². The molecular weight excluding hydrogens is 190 g/mol. The van der Waals surface area contributed by atoms with E-state index in [1.807, 2.05) is 0 Å². The zero-order valence-corrected chi connectivity index (χ0v) is 9.67. The van der Waals surface area contributed by atoms with Gasteiger partial charge >= 0.3 is 0 Å². The SMILES string of the molecule is CC(CO)(COC1CCCC1)NC1CC1. The Kier molecular flexibility index (Phi) is 3.65. The zero-order chi connectivity index (χ0) is 10.7. The summed E-state index contributed by atoms with van der Waals surface area (Å²) in [5, 5.41) is 12.9. The number of aliphatic hydroxyl groups excluding tert-OH is 1. The van der Waals surface area contributed by atoms with Gasteiger partial charge in [-0.25, -0.2) is 0 Å². The summed E-state index contributed by atoms with van der Waals surface area (Å²) in [7, 11) is 0. The molecule has 1 atom stereocenters. The first kappa shape index (κ1) is 11.4. The predicted octanol–water partition coefficient (Wildman–Crippen LogP) is 1.45. The van der Waals surface area contributed by atoms with E-state index in [2.05, 4.69) is 12.2 Å². The Morgan fingerprint density at radius 3 is 2.47 bits per heavy atom. The van der Waals surface area contributed by atoms with Crippen LogP contribution < -0.4 is 5.32 Å². The second-order valence-corrected chi connectivity index (χ2v) is 5.35. The van der Waals surface area contributed by atoms with Crippen molar-refractivity contribution in [3.05, 3.63) is 0 Å². The molecule has 1 unspecified atom stereocenters. The molecule has 3 heteroatoms. The molecule has 0 spiro atoms. The first-order chi connectivity index (χ1) is 7.22. The molecule has 2 saturated carbocycles. The topological polar surface area (TPSA) is 41.5 Å². The molecule has 0 aromatic rings. The molecule has 0 saturated heterocycles. The van der Waals surface area contributed by atoms with E-state index in [0.717, 1.165) is 0 Å². The van der Waals surface area contributed by atoms with Crippen LogP contribution in [0.2, 0.25) is 0 Å². The second kappa shape index (κ2) is 4.81. The van der Waals surface area contributed by atoms with Crippen molar-refractivity contribution in [1.29, 1.82) is 0 Å². The van der Waals surface area contributed by atoms with Crippen LogP contribution in [0.3, 0.4) is 0 Å². The first-order valence-corrected chi connectivity index (χ1v) is 6.22. The minimum atomic E-state index is -0.232. The summed E-state index contributed by atoms with van der Waals surface area (Å²) in [6.45, 7) is 2.86. The zero-order valence-electron chi connectivity index (χ0n) is 9.67. The van der Waals surface area contributed by atoms with Gasteiger partial charge in [-0.3, -0.25) is 0 Å². The van der Waals surface area contributed by atoms with E-state index in [0.29, 0.717) is 18.8 Å². The van der Waals surface area contributed by atoms with Crippen molar-refractivity contribution in [2.45, 2.75) is 63.1 Å². The Hall–Kier alpha value is -0.120. The summed E-state index contributed by atoms with van der Waals surface area (Å²) in [5.41, 5.74) is -0.232. The van der Waals surface area contributed by atoms with Crippen LogP contribution in [-0.4, -0.2) is 36.0 Å². The molecule has 0 radical (unpaired) electrons. The van der Waals surface area contributed by atoms with Crippen molar-refractivity contribution in [2.24, 2.45) is 0 Å². The number of nitrogens with one attached hydrogen (secondary N) is 1. The van der Waals surface area contributed by atoms with Gasteiger partial charge < -0.3 is 15.2 Å². The lowest BCUT2D eigenvalue weighted by atomic mass is 10.1. The Morgan fingerprint density at radius 2 is 1.93 bits per heavy atom. The Balaban J connectivity index is 1.72. The summed E-state index contributed by atoms with van der Waals surface area (Å²) < 4.78 is 5.87. The molecule has 2 aliphatic carbocycles. The molecule has 3 nitrogen and oxygen atoms in total. The van der Waals surface area contributed by atoms with E-state index in [4.69, 9.17) is 4.74 Å². The van der Waals surface area contributed by atoms with Crippen LogP contribution in [0, 0.1) is 0 Å². The third kappa shape index (κ3) is 3.44. The summed E-state index contributed by atoms with van der Waals surface area (Å²) >= 11 is 0. The van der Waals surface area contributed by atoms with Crippen molar-refractivity contribution >= 4 is 0 Å². The molecule has 0 aromatic heterocycles. The average Bonchev–Trinajstić information content (AvgIpc) is 2.88. The smallest absolute Gasteiger partial charge is 0.0671 e. The highest BCUT2D eigenvalue weighted by Gasteiger charge is 2.33. The van der Waals surface area contributed by atoms with Crippen molar-refractivity contribution in [3.63, 3.8) is 0 Å². The molecule has 0 aliphatic heterocycles. The maximum absolute atomic E-state index is 9.39. The van der Waals surface area contributed by atoms with Gasteiger partial charge in [-0.2, -0.15) is 0 Å². The summed E-state index contributed by atoms with van der Waals surface area (Å²) in [5.74, 6) is 0. The highest BCUT2D eigenvalue weighted by Crippen LogP contribution is 2.25. The van der Waals surface area contributed by atoms with Crippen LogP contribution in [-0.2, 0) is 4.74 Å². The van der Waals surface area contributed by atoms with Gasteiger partial charge in [-0.1, -0.05) is 12.8 Å². The maximum Gasteiger partial charge on any atom is 0.0671 e. The second-order valence-electron chi connectivity index (χ2n) is 5.35. The quantitative estimate of drug-likeness (QED) is 0.701. The van der Waals surface area contributed by atoms with E-state index in [1.165, 1.54) is 38.5 Å². The van der Waals surface area contributed by atoms with Gasteiger partial charge in [0.05, 0.1) is 24.9 Å².